The van der Waals surface area contributed by atoms with Crippen LogP contribution in [0.5, 0.6) is 0 Å². The lowest BCUT2D eigenvalue weighted by atomic mass is 10.1. The monoisotopic (exact) mass is 169 g/mol. The summed E-state index contributed by atoms with van der Waals surface area (Å²) in [5.41, 5.74) is 1.15. The summed E-state index contributed by atoms with van der Waals surface area (Å²) in [6.07, 6.45) is 2.97. The van der Waals surface area contributed by atoms with Gasteiger partial charge in [0.2, 0.25) is 0 Å². The number of ether oxygens (including phenoxy) is 1. The molecule has 0 saturated heterocycles. The summed E-state index contributed by atoms with van der Waals surface area (Å²) in [7, 11) is 0. The standard InChI is InChI=1S/C9H15NO2/c1-3-7-5-6-10-8(7)9(11)12-4-2/h5,8,10H,3-4,6H2,1-2H3. The topological polar surface area (TPSA) is 38.3 Å². The summed E-state index contributed by atoms with van der Waals surface area (Å²) in [6.45, 7) is 5.11. The van der Waals surface area contributed by atoms with E-state index < -0.39 is 0 Å². The molecule has 0 bridgehead atoms. The highest BCUT2D eigenvalue weighted by molar-refractivity contribution is 5.80. The third-order valence-corrected chi connectivity index (χ3v) is 1.99. The summed E-state index contributed by atoms with van der Waals surface area (Å²) in [5, 5.41) is 3.08. The van der Waals surface area contributed by atoms with Gasteiger partial charge in [0.05, 0.1) is 6.61 Å². The van der Waals surface area contributed by atoms with Crippen molar-refractivity contribution in [3.05, 3.63) is 11.6 Å². The fourth-order valence-electron chi connectivity index (χ4n) is 1.37. The number of esters is 1. The lowest BCUT2D eigenvalue weighted by molar-refractivity contribution is -0.144. The molecule has 0 aromatic heterocycles. The SMILES string of the molecule is CCOC(=O)C1NCC=C1CC. The Morgan fingerprint density at radius 1 is 1.75 bits per heavy atom. The van der Waals surface area contributed by atoms with E-state index in [0.717, 1.165) is 18.5 Å². The number of hydrogen-bond donors (Lipinski definition) is 1. The Balaban J connectivity index is 2.52. The molecule has 0 spiro atoms. The molecular weight excluding hydrogens is 154 g/mol. The third-order valence-electron chi connectivity index (χ3n) is 1.99. The molecule has 0 radical (unpaired) electrons. The predicted molar refractivity (Wildman–Crippen MR) is 46.8 cm³/mol. The third kappa shape index (κ3) is 1.85. The van der Waals surface area contributed by atoms with E-state index in [9.17, 15) is 4.79 Å². The second kappa shape index (κ2) is 4.26. The van der Waals surface area contributed by atoms with Crippen LogP contribution in [0.3, 0.4) is 0 Å². The maximum atomic E-state index is 11.3. The van der Waals surface area contributed by atoms with Crippen LogP contribution in [0.2, 0.25) is 0 Å². The summed E-state index contributed by atoms with van der Waals surface area (Å²) >= 11 is 0. The molecule has 0 aromatic carbocycles. The van der Waals surface area contributed by atoms with Crippen LogP contribution in [0.15, 0.2) is 11.6 Å². The number of rotatable bonds is 3. The van der Waals surface area contributed by atoms with E-state index in [1.807, 2.05) is 13.8 Å². The average Bonchev–Trinajstić information content (AvgIpc) is 2.51. The zero-order chi connectivity index (χ0) is 8.97. The highest BCUT2D eigenvalue weighted by Crippen LogP contribution is 2.13. The molecule has 1 rings (SSSR count). The van der Waals surface area contributed by atoms with Crippen LogP contribution in [0.1, 0.15) is 20.3 Å². The van der Waals surface area contributed by atoms with Gasteiger partial charge in [0.15, 0.2) is 0 Å². The molecule has 0 saturated carbocycles. The van der Waals surface area contributed by atoms with Crippen LogP contribution in [-0.2, 0) is 9.53 Å². The van der Waals surface area contributed by atoms with Crippen LogP contribution in [0, 0.1) is 0 Å². The molecule has 0 fully saturated rings. The molecule has 0 amide bonds. The maximum absolute atomic E-state index is 11.3. The molecule has 3 heteroatoms. The lowest BCUT2D eigenvalue weighted by Gasteiger charge is -2.12. The number of carbonyl (C=O) groups is 1. The van der Waals surface area contributed by atoms with Gasteiger partial charge in [0.25, 0.3) is 0 Å². The molecule has 1 N–H and O–H groups in total. The minimum absolute atomic E-state index is 0.150. The summed E-state index contributed by atoms with van der Waals surface area (Å²) in [5.74, 6) is -0.150. The summed E-state index contributed by atoms with van der Waals surface area (Å²) in [4.78, 5) is 11.3. The van der Waals surface area contributed by atoms with Crippen molar-refractivity contribution in [3.8, 4) is 0 Å². The molecule has 0 aromatic rings. The van der Waals surface area contributed by atoms with E-state index in [0.29, 0.717) is 6.61 Å². The largest absolute Gasteiger partial charge is 0.465 e. The second-order valence-electron chi connectivity index (χ2n) is 2.73. The van der Waals surface area contributed by atoms with Crippen molar-refractivity contribution in [2.75, 3.05) is 13.2 Å². The molecular formula is C9H15NO2. The minimum Gasteiger partial charge on any atom is -0.465 e. The first-order valence-corrected chi connectivity index (χ1v) is 4.38. The first kappa shape index (κ1) is 9.26. The van der Waals surface area contributed by atoms with Crippen molar-refractivity contribution in [2.45, 2.75) is 26.3 Å². The van der Waals surface area contributed by atoms with Crippen molar-refractivity contribution >= 4 is 5.97 Å². The Hall–Kier alpha value is -0.830. The molecule has 1 heterocycles. The first-order chi connectivity index (χ1) is 5.79. The maximum Gasteiger partial charge on any atom is 0.327 e. The van der Waals surface area contributed by atoms with Gasteiger partial charge >= 0.3 is 5.97 Å². The van der Waals surface area contributed by atoms with E-state index in [1.54, 1.807) is 0 Å². The van der Waals surface area contributed by atoms with E-state index in [2.05, 4.69) is 11.4 Å². The van der Waals surface area contributed by atoms with E-state index in [4.69, 9.17) is 4.74 Å². The van der Waals surface area contributed by atoms with Gasteiger partial charge in [0, 0.05) is 6.54 Å². The van der Waals surface area contributed by atoms with Gasteiger partial charge in [-0.25, -0.2) is 4.79 Å². The van der Waals surface area contributed by atoms with Crippen LogP contribution >= 0.6 is 0 Å². The molecule has 1 unspecified atom stereocenters. The van der Waals surface area contributed by atoms with Crippen molar-refractivity contribution in [1.82, 2.24) is 5.32 Å². The fraction of sp³-hybridized carbons (Fsp3) is 0.667. The van der Waals surface area contributed by atoms with Crippen LogP contribution < -0.4 is 5.32 Å². The van der Waals surface area contributed by atoms with Crippen LogP contribution in [-0.4, -0.2) is 25.2 Å². The number of nitrogens with one attached hydrogen (secondary N) is 1. The molecule has 12 heavy (non-hydrogen) atoms. The average molecular weight is 169 g/mol. The summed E-state index contributed by atoms with van der Waals surface area (Å²) < 4.78 is 4.92. The van der Waals surface area contributed by atoms with E-state index in [1.165, 1.54) is 0 Å². The molecule has 1 aliphatic heterocycles. The molecule has 68 valence electrons. The first-order valence-electron chi connectivity index (χ1n) is 4.38. The van der Waals surface area contributed by atoms with Gasteiger partial charge in [0.1, 0.15) is 6.04 Å². The van der Waals surface area contributed by atoms with Gasteiger partial charge in [-0.15, -0.1) is 0 Å². The highest BCUT2D eigenvalue weighted by Gasteiger charge is 2.25. The predicted octanol–water partition coefficient (Wildman–Crippen LogP) is 0.858. The van der Waals surface area contributed by atoms with Gasteiger partial charge < -0.3 is 4.74 Å². The Morgan fingerprint density at radius 3 is 3.08 bits per heavy atom. The molecule has 1 aliphatic rings. The Labute approximate surface area is 72.8 Å². The normalized spacial score (nSPS) is 22.2. The molecule has 0 aliphatic carbocycles. The number of hydrogen-bond acceptors (Lipinski definition) is 3. The van der Waals surface area contributed by atoms with Gasteiger partial charge in [-0.3, -0.25) is 5.32 Å². The van der Waals surface area contributed by atoms with E-state index >= 15 is 0 Å². The lowest BCUT2D eigenvalue weighted by Crippen LogP contribution is -2.35. The Morgan fingerprint density at radius 2 is 2.50 bits per heavy atom. The van der Waals surface area contributed by atoms with Crippen molar-refractivity contribution < 1.29 is 9.53 Å². The highest BCUT2D eigenvalue weighted by atomic mass is 16.5. The minimum atomic E-state index is -0.185. The van der Waals surface area contributed by atoms with E-state index in [-0.39, 0.29) is 12.0 Å². The second-order valence-corrected chi connectivity index (χ2v) is 2.73. The van der Waals surface area contributed by atoms with Crippen molar-refractivity contribution in [2.24, 2.45) is 0 Å². The van der Waals surface area contributed by atoms with Gasteiger partial charge in [-0.1, -0.05) is 13.0 Å². The van der Waals surface area contributed by atoms with Gasteiger partial charge in [-0.2, -0.15) is 0 Å². The molecule has 1 atom stereocenters. The van der Waals surface area contributed by atoms with Crippen LogP contribution in [0.4, 0.5) is 0 Å². The Bertz CT molecular complexity index is 199. The Kier molecular flexibility index (Phi) is 3.29. The zero-order valence-electron chi connectivity index (χ0n) is 7.59. The fourth-order valence-corrected chi connectivity index (χ4v) is 1.37. The zero-order valence-corrected chi connectivity index (χ0v) is 7.59. The number of carbonyl (C=O) groups excluding carboxylic acids is 1. The smallest absolute Gasteiger partial charge is 0.327 e. The van der Waals surface area contributed by atoms with Crippen LogP contribution in [0.25, 0.3) is 0 Å². The quantitative estimate of drug-likeness (QED) is 0.503. The van der Waals surface area contributed by atoms with Gasteiger partial charge in [-0.05, 0) is 18.9 Å². The van der Waals surface area contributed by atoms with Crippen molar-refractivity contribution in [1.29, 1.82) is 0 Å². The van der Waals surface area contributed by atoms with Crippen molar-refractivity contribution in [3.63, 3.8) is 0 Å². The summed E-state index contributed by atoms with van der Waals surface area (Å²) in [6, 6.07) is -0.185. The molecule has 3 nitrogen and oxygen atoms in total.